The van der Waals surface area contributed by atoms with Crippen LogP contribution in [0.3, 0.4) is 0 Å². The van der Waals surface area contributed by atoms with Crippen molar-refractivity contribution in [1.82, 2.24) is 4.57 Å². The van der Waals surface area contributed by atoms with Gasteiger partial charge < -0.3 is 14.1 Å². The van der Waals surface area contributed by atoms with Gasteiger partial charge in [0.1, 0.15) is 12.4 Å². The SMILES string of the molecule is COc1ccc(-c2cc(/C(C)=N\OCc3ccc(C(F)(F)F)cc3)c(C)n2-c2ccccc2)cc1. The number of hydrogen-bond donors (Lipinski definition) is 0. The van der Waals surface area contributed by atoms with Crippen molar-refractivity contribution in [3.63, 3.8) is 0 Å². The highest BCUT2D eigenvalue weighted by Crippen LogP contribution is 2.31. The summed E-state index contributed by atoms with van der Waals surface area (Å²) in [7, 11) is 1.63. The Morgan fingerprint density at radius 3 is 2.17 bits per heavy atom. The third-order valence-electron chi connectivity index (χ3n) is 5.75. The van der Waals surface area contributed by atoms with Crippen molar-refractivity contribution in [2.24, 2.45) is 5.16 Å². The van der Waals surface area contributed by atoms with E-state index < -0.39 is 11.7 Å². The van der Waals surface area contributed by atoms with E-state index in [1.54, 1.807) is 7.11 Å². The highest BCUT2D eigenvalue weighted by Gasteiger charge is 2.29. The molecule has 0 aliphatic carbocycles. The quantitative estimate of drug-likeness (QED) is 0.205. The summed E-state index contributed by atoms with van der Waals surface area (Å²) in [6, 6.07) is 24.8. The Kier molecular flexibility index (Phi) is 6.96. The second-order valence-corrected chi connectivity index (χ2v) is 8.07. The predicted molar refractivity (Wildman–Crippen MR) is 131 cm³/mol. The van der Waals surface area contributed by atoms with Crippen molar-refractivity contribution in [3.05, 3.63) is 107 Å². The third-order valence-corrected chi connectivity index (χ3v) is 5.75. The van der Waals surface area contributed by atoms with Crippen LogP contribution in [-0.4, -0.2) is 17.4 Å². The summed E-state index contributed by atoms with van der Waals surface area (Å²) in [5.74, 6) is 0.776. The van der Waals surface area contributed by atoms with Crippen molar-refractivity contribution in [2.75, 3.05) is 7.11 Å². The zero-order chi connectivity index (χ0) is 25.0. The van der Waals surface area contributed by atoms with Gasteiger partial charge >= 0.3 is 6.18 Å². The van der Waals surface area contributed by atoms with Gasteiger partial charge in [-0.1, -0.05) is 35.5 Å². The maximum atomic E-state index is 12.8. The van der Waals surface area contributed by atoms with E-state index in [1.165, 1.54) is 12.1 Å². The average Bonchev–Trinajstić information content (AvgIpc) is 3.21. The first-order valence-corrected chi connectivity index (χ1v) is 11.0. The van der Waals surface area contributed by atoms with E-state index in [0.29, 0.717) is 11.3 Å². The number of para-hydroxylation sites is 1. The first-order chi connectivity index (χ1) is 16.8. The van der Waals surface area contributed by atoms with E-state index in [-0.39, 0.29) is 6.61 Å². The Labute approximate surface area is 202 Å². The van der Waals surface area contributed by atoms with Crippen LogP contribution < -0.4 is 4.74 Å². The zero-order valence-electron chi connectivity index (χ0n) is 19.6. The van der Waals surface area contributed by atoms with Crippen LogP contribution in [0.2, 0.25) is 0 Å². The average molecular weight is 479 g/mol. The molecule has 4 nitrogen and oxygen atoms in total. The lowest BCUT2D eigenvalue weighted by molar-refractivity contribution is -0.137. The molecule has 0 bridgehead atoms. The van der Waals surface area contributed by atoms with Gasteiger partial charge in [0, 0.05) is 16.9 Å². The van der Waals surface area contributed by atoms with Gasteiger partial charge in [0.25, 0.3) is 0 Å². The van der Waals surface area contributed by atoms with Crippen molar-refractivity contribution < 1.29 is 22.7 Å². The Morgan fingerprint density at radius 2 is 1.57 bits per heavy atom. The lowest BCUT2D eigenvalue weighted by Crippen LogP contribution is -2.04. The second kappa shape index (κ2) is 10.1. The Morgan fingerprint density at radius 1 is 0.914 bits per heavy atom. The van der Waals surface area contributed by atoms with Gasteiger partial charge in [0.05, 0.1) is 24.1 Å². The Balaban J connectivity index is 1.62. The summed E-state index contributed by atoms with van der Waals surface area (Å²) in [5.41, 5.74) is 5.50. The summed E-state index contributed by atoms with van der Waals surface area (Å²) in [5, 5.41) is 4.25. The number of methoxy groups -OCH3 is 1. The lowest BCUT2D eigenvalue weighted by Gasteiger charge is -2.12. The molecule has 35 heavy (non-hydrogen) atoms. The molecule has 3 aromatic carbocycles. The summed E-state index contributed by atoms with van der Waals surface area (Å²) < 4.78 is 45.7. The fourth-order valence-electron chi connectivity index (χ4n) is 3.90. The molecule has 0 unspecified atom stereocenters. The van der Waals surface area contributed by atoms with Gasteiger partial charge in [0.15, 0.2) is 0 Å². The van der Waals surface area contributed by atoms with Crippen molar-refractivity contribution >= 4 is 5.71 Å². The molecule has 0 aliphatic heterocycles. The molecule has 1 aromatic heterocycles. The van der Waals surface area contributed by atoms with Gasteiger partial charge in [-0.3, -0.25) is 0 Å². The van der Waals surface area contributed by atoms with Gasteiger partial charge in [-0.05, 0) is 79.6 Å². The van der Waals surface area contributed by atoms with E-state index >= 15 is 0 Å². The van der Waals surface area contributed by atoms with E-state index in [1.807, 2.05) is 68.4 Å². The minimum Gasteiger partial charge on any atom is -0.497 e. The lowest BCUT2D eigenvalue weighted by atomic mass is 10.1. The smallest absolute Gasteiger partial charge is 0.416 e. The summed E-state index contributed by atoms with van der Waals surface area (Å²) in [6.45, 7) is 3.94. The van der Waals surface area contributed by atoms with E-state index in [4.69, 9.17) is 9.57 Å². The molecule has 0 amide bonds. The first kappa shape index (κ1) is 24.1. The maximum Gasteiger partial charge on any atom is 0.416 e. The number of nitrogens with zero attached hydrogens (tertiary/aromatic N) is 2. The Bertz CT molecular complexity index is 1310. The zero-order valence-corrected chi connectivity index (χ0v) is 19.6. The van der Waals surface area contributed by atoms with Crippen LogP contribution in [0.15, 0.2) is 90.1 Å². The van der Waals surface area contributed by atoms with Crippen LogP contribution in [0.4, 0.5) is 13.2 Å². The minimum absolute atomic E-state index is 0.0687. The van der Waals surface area contributed by atoms with Crippen molar-refractivity contribution in [1.29, 1.82) is 0 Å². The van der Waals surface area contributed by atoms with E-state index in [9.17, 15) is 13.2 Å². The number of rotatable bonds is 7. The van der Waals surface area contributed by atoms with E-state index in [2.05, 4.69) is 15.8 Å². The standard InChI is InChI=1S/C28H25F3N2O2/c1-19(32-35-18-21-9-13-23(14-10-21)28(29,30)31)26-17-27(22-11-15-25(34-3)16-12-22)33(20(26)2)24-7-5-4-6-8-24/h4-17H,18H2,1-3H3/b32-19-. The van der Waals surface area contributed by atoms with Crippen LogP contribution in [0.25, 0.3) is 16.9 Å². The van der Waals surface area contributed by atoms with Crippen LogP contribution in [0.1, 0.15) is 29.3 Å². The second-order valence-electron chi connectivity index (χ2n) is 8.07. The molecule has 1 heterocycles. The number of aromatic nitrogens is 1. The molecule has 0 spiro atoms. The number of halogens is 3. The molecule has 180 valence electrons. The number of oxime groups is 1. The van der Waals surface area contributed by atoms with Gasteiger partial charge in [-0.2, -0.15) is 13.2 Å². The molecule has 0 radical (unpaired) electrons. The highest BCUT2D eigenvalue weighted by atomic mass is 19.4. The number of hydrogen-bond acceptors (Lipinski definition) is 3. The third kappa shape index (κ3) is 5.40. The van der Waals surface area contributed by atoms with Crippen LogP contribution in [0, 0.1) is 6.92 Å². The maximum absolute atomic E-state index is 12.8. The number of ether oxygens (including phenoxy) is 1. The van der Waals surface area contributed by atoms with Crippen LogP contribution in [0.5, 0.6) is 5.75 Å². The molecule has 0 aliphatic rings. The summed E-state index contributed by atoms with van der Waals surface area (Å²) >= 11 is 0. The van der Waals surface area contributed by atoms with Crippen molar-refractivity contribution in [3.8, 4) is 22.7 Å². The first-order valence-electron chi connectivity index (χ1n) is 11.0. The molecule has 0 saturated heterocycles. The predicted octanol–water partition coefficient (Wildman–Crippen LogP) is 7.42. The molecule has 0 saturated carbocycles. The number of alkyl halides is 3. The van der Waals surface area contributed by atoms with Gasteiger partial charge in [-0.25, -0.2) is 0 Å². The molecule has 4 aromatic rings. The molecule has 7 heteroatoms. The molecule has 0 fully saturated rings. The molecule has 4 rings (SSSR count). The normalized spacial score (nSPS) is 12.0. The monoisotopic (exact) mass is 478 g/mol. The van der Waals surface area contributed by atoms with E-state index in [0.717, 1.165) is 46.1 Å². The van der Waals surface area contributed by atoms with Crippen molar-refractivity contribution in [2.45, 2.75) is 26.6 Å². The summed E-state index contributed by atoms with van der Waals surface area (Å²) in [4.78, 5) is 5.49. The molecular formula is C28H25F3N2O2. The molecule has 0 atom stereocenters. The van der Waals surface area contributed by atoms with Gasteiger partial charge in [0.2, 0.25) is 0 Å². The molecule has 0 N–H and O–H groups in total. The summed E-state index contributed by atoms with van der Waals surface area (Å²) in [6.07, 6.45) is -4.36. The van der Waals surface area contributed by atoms with Crippen LogP contribution in [-0.2, 0) is 17.6 Å². The fourth-order valence-corrected chi connectivity index (χ4v) is 3.90. The topological polar surface area (TPSA) is 35.8 Å². The minimum atomic E-state index is -4.36. The fraction of sp³-hybridized carbons (Fsp3) is 0.179. The number of benzene rings is 3. The van der Waals surface area contributed by atoms with Gasteiger partial charge in [-0.15, -0.1) is 0 Å². The van der Waals surface area contributed by atoms with Crippen LogP contribution >= 0.6 is 0 Å². The molecular weight excluding hydrogens is 453 g/mol. The Hall–Kier alpha value is -4.00. The largest absolute Gasteiger partial charge is 0.497 e. The highest BCUT2D eigenvalue weighted by molar-refractivity contribution is 6.01.